The third kappa shape index (κ3) is 4.31. The van der Waals surface area contributed by atoms with Crippen molar-refractivity contribution >= 4 is 28.7 Å². The lowest BCUT2D eigenvalue weighted by Crippen LogP contribution is -2.30. The topological polar surface area (TPSA) is 90.5 Å². The zero-order valence-electron chi connectivity index (χ0n) is 16.0. The van der Waals surface area contributed by atoms with E-state index in [0.29, 0.717) is 16.8 Å². The summed E-state index contributed by atoms with van der Waals surface area (Å²) in [6, 6.07) is 12.7. The van der Waals surface area contributed by atoms with Gasteiger partial charge in [0.25, 0.3) is 5.91 Å². The molecule has 0 fully saturated rings. The summed E-state index contributed by atoms with van der Waals surface area (Å²) in [6.45, 7) is 5.44. The van der Waals surface area contributed by atoms with Crippen molar-refractivity contribution in [2.24, 2.45) is 0 Å². The number of carbonyl (C=O) groups excluding carboxylic acids is 2. The number of aryl methyl sites for hydroxylation is 3. The number of rotatable bonds is 6. The molecule has 0 saturated heterocycles. The molecule has 1 unspecified atom stereocenters. The molecule has 7 heteroatoms. The van der Waals surface area contributed by atoms with Crippen LogP contribution in [0, 0.1) is 13.8 Å². The number of benzene rings is 2. The molecule has 1 heterocycles. The molecule has 2 aromatic carbocycles. The van der Waals surface area contributed by atoms with Gasteiger partial charge in [0.2, 0.25) is 0 Å². The Kier molecular flexibility index (Phi) is 5.63. The second-order valence-corrected chi connectivity index (χ2v) is 6.68. The van der Waals surface area contributed by atoms with Crippen LogP contribution in [-0.2, 0) is 20.9 Å². The summed E-state index contributed by atoms with van der Waals surface area (Å²) in [7, 11) is 0. The Bertz CT molecular complexity index is 1080. The summed E-state index contributed by atoms with van der Waals surface area (Å²) in [5, 5.41) is 2.77. The van der Waals surface area contributed by atoms with Crippen molar-refractivity contribution in [2.45, 2.75) is 39.8 Å². The maximum Gasteiger partial charge on any atom is 0.419 e. The number of fused-ring (bicyclic) bond motifs is 1. The average Bonchev–Trinajstić information content (AvgIpc) is 2.98. The van der Waals surface area contributed by atoms with E-state index in [4.69, 9.17) is 9.15 Å². The van der Waals surface area contributed by atoms with Gasteiger partial charge >= 0.3 is 11.7 Å². The highest BCUT2D eigenvalue weighted by atomic mass is 16.5. The lowest BCUT2D eigenvalue weighted by molar-refractivity contribution is -0.153. The van der Waals surface area contributed by atoms with E-state index >= 15 is 0 Å². The average molecular weight is 382 g/mol. The Morgan fingerprint density at radius 3 is 2.71 bits per heavy atom. The minimum atomic E-state index is -0.953. The van der Waals surface area contributed by atoms with Crippen molar-refractivity contribution in [3.63, 3.8) is 0 Å². The first kappa shape index (κ1) is 19.4. The van der Waals surface area contributed by atoms with Crippen LogP contribution in [0.2, 0.25) is 0 Å². The molecular weight excluding hydrogens is 360 g/mol. The van der Waals surface area contributed by atoms with Gasteiger partial charge in [-0.3, -0.25) is 14.2 Å². The number of oxazole rings is 1. The molecule has 0 aliphatic carbocycles. The van der Waals surface area contributed by atoms with E-state index < -0.39 is 23.7 Å². The molecule has 0 bridgehead atoms. The molecule has 146 valence electrons. The Labute approximate surface area is 161 Å². The van der Waals surface area contributed by atoms with Crippen LogP contribution in [0.3, 0.4) is 0 Å². The summed E-state index contributed by atoms with van der Waals surface area (Å²) in [4.78, 5) is 36.4. The molecule has 0 saturated carbocycles. The number of ether oxygens (including phenoxy) is 1. The molecule has 7 nitrogen and oxygen atoms in total. The van der Waals surface area contributed by atoms with Gasteiger partial charge in [-0.25, -0.2) is 4.79 Å². The van der Waals surface area contributed by atoms with Crippen LogP contribution in [0.5, 0.6) is 0 Å². The predicted octanol–water partition coefficient (Wildman–Crippen LogP) is 3.17. The van der Waals surface area contributed by atoms with Crippen LogP contribution < -0.4 is 11.1 Å². The van der Waals surface area contributed by atoms with Gasteiger partial charge < -0.3 is 14.5 Å². The number of esters is 1. The third-order valence-corrected chi connectivity index (χ3v) is 4.44. The van der Waals surface area contributed by atoms with E-state index in [0.717, 1.165) is 11.1 Å². The largest absolute Gasteiger partial charge is 0.452 e. The van der Waals surface area contributed by atoms with Gasteiger partial charge in [-0.05, 0) is 50.1 Å². The second-order valence-electron chi connectivity index (χ2n) is 6.68. The molecule has 1 N–H and O–H groups in total. The predicted molar refractivity (Wildman–Crippen MR) is 105 cm³/mol. The van der Waals surface area contributed by atoms with E-state index in [9.17, 15) is 14.4 Å². The zero-order valence-corrected chi connectivity index (χ0v) is 16.0. The standard InChI is InChI=1S/C21H22N2O5/c1-13-8-9-14(2)16(12-13)22-20(25)15(3)27-19(24)10-11-23-17-6-4-5-7-18(17)28-21(23)26/h4-9,12,15H,10-11H2,1-3H3,(H,22,25). The first-order valence-corrected chi connectivity index (χ1v) is 9.01. The quantitative estimate of drug-likeness (QED) is 0.661. The fraction of sp³-hybridized carbons (Fsp3) is 0.286. The Hall–Kier alpha value is -3.35. The highest BCUT2D eigenvalue weighted by molar-refractivity contribution is 5.95. The minimum Gasteiger partial charge on any atom is -0.452 e. The molecular formula is C21H22N2O5. The highest BCUT2D eigenvalue weighted by Gasteiger charge is 2.19. The second kappa shape index (κ2) is 8.12. The number of hydrogen-bond donors (Lipinski definition) is 1. The molecule has 0 spiro atoms. The van der Waals surface area contributed by atoms with E-state index in [1.165, 1.54) is 11.5 Å². The molecule has 1 atom stereocenters. The summed E-state index contributed by atoms with van der Waals surface area (Å²) in [5.74, 6) is -1.51. The first-order valence-electron chi connectivity index (χ1n) is 9.01. The van der Waals surface area contributed by atoms with Crippen LogP contribution in [0.4, 0.5) is 5.69 Å². The number of aromatic nitrogens is 1. The number of carbonyl (C=O) groups is 2. The van der Waals surface area contributed by atoms with Crippen molar-refractivity contribution in [1.29, 1.82) is 0 Å². The number of amides is 1. The maximum atomic E-state index is 12.3. The van der Waals surface area contributed by atoms with Crippen molar-refractivity contribution in [3.05, 3.63) is 64.1 Å². The van der Waals surface area contributed by atoms with Gasteiger partial charge in [0.15, 0.2) is 11.7 Å². The van der Waals surface area contributed by atoms with Crippen molar-refractivity contribution in [1.82, 2.24) is 4.57 Å². The smallest absolute Gasteiger partial charge is 0.419 e. The van der Waals surface area contributed by atoms with Crippen LogP contribution in [-0.4, -0.2) is 22.5 Å². The van der Waals surface area contributed by atoms with Gasteiger partial charge in [-0.15, -0.1) is 0 Å². The molecule has 0 aliphatic rings. The van der Waals surface area contributed by atoms with Crippen LogP contribution in [0.1, 0.15) is 24.5 Å². The Morgan fingerprint density at radius 1 is 1.18 bits per heavy atom. The molecule has 1 aromatic heterocycles. The van der Waals surface area contributed by atoms with Crippen molar-refractivity contribution in [2.75, 3.05) is 5.32 Å². The van der Waals surface area contributed by atoms with Gasteiger partial charge in [0.1, 0.15) is 0 Å². The SMILES string of the molecule is Cc1ccc(C)c(NC(=O)C(C)OC(=O)CCn2c(=O)oc3ccccc32)c1. The number of nitrogens with one attached hydrogen (secondary N) is 1. The molecule has 0 radical (unpaired) electrons. The molecule has 28 heavy (non-hydrogen) atoms. The van der Waals surface area contributed by atoms with Crippen LogP contribution in [0.15, 0.2) is 51.7 Å². The molecule has 0 aliphatic heterocycles. The van der Waals surface area contributed by atoms with Gasteiger partial charge in [-0.1, -0.05) is 24.3 Å². The summed E-state index contributed by atoms with van der Waals surface area (Å²) in [5.41, 5.74) is 3.69. The summed E-state index contributed by atoms with van der Waals surface area (Å²) < 4.78 is 11.7. The maximum absolute atomic E-state index is 12.3. The monoisotopic (exact) mass is 382 g/mol. The van der Waals surface area contributed by atoms with Crippen LogP contribution >= 0.6 is 0 Å². The first-order chi connectivity index (χ1) is 13.3. The fourth-order valence-corrected chi connectivity index (χ4v) is 2.84. The van der Waals surface area contributed by atoms with Crippen molar-refractivity contribution in [3.8, 4) is 0 Å². The molecule has 1 amide bonds. The third-order valence-electron chi connectivity index (χ3n) is 4.44. The Morgan fingerprint density at radius 2 is 1.93 bits per heavy atom. The highest BCUT2D eigenvalue weighted by Crippen LogP contribution is 2.17. The minimum absolute atomic E-state index is 0.0511. The lowest BCUT2D eigenvalue weighted by Gasteiger charge is -2.15. The lowest BCUT2D eigenvalue weighted by atomic mass is 10.1. The summed E-state index contributed by atoms with van der Waals surface area (Å²) >= 11 is 0. The normalized spacial score (nSPS) is 12.0. The number of nitrogens with zero attached hydrogens (tertiary/aromatic N) is 1. The number of hydrogen-bond acceptors (Lipinski definition) is 5. The van der Waals surface area contributed by atoms with E-state index in [1.54, 1.807) is 24.3 Å². The van der Waals surface area contributed by atoms with Gasteiger partial charge in [-0.2, -0.15) is 0 Å². The van der Waals surface area contributed by atoms with Crippen molar-refractivity contribution < 1.29 is 18.7 Å². The number of anilines is 1. The Balaban J connectivity index is 1.58. The van der Waals surface area contributed by atoms with Gasteiger partial charge in [0, 0.05) is 12.2 Å². The zero-order chi connectivity index (χ0) is 20.3. The van der Waals surface area contributed by atoms with E-state index in [1.807, 2.05) is 32.0 Å². The van der Waals surface area contributed by atoms with E-state index in [2.05, 4.69) is 5.32 Å². The van der Waals surface area contributed by atoms with E-state index in [-0.39, 0.29) is 13.0 Å². The van der Waals surface area contributed by atoms with Gasteiger partial charge in [0.05, 0.1) is 11.9 Å². The fourth-order valence-electron chi connectivity index (χ4n) is 2.84. The molecule has 3 rings (SSSR count). The number of para-hydroxylation sites is 2. The molecule has 3 aromatic rings. The summed E-state index contributed by atoms with van der Waals surface area (Å²) in [6.07, 6.45) is -1.00. The van der Waals surface area contributed by atoms with Crippen LogP contribution in [0.25, 0.3) is 11.1 Å².